The van der Waals surface area contributed by atoms with E-state index in [0.717, 1.165) is 0 Å². The van der Waals surface area contributed by atoms with E-state index in [0.29, 0.717) is 38.8 Å². The van der Waals surface area contributed by atoms with E-state index in [9.17, 15) is 14.4 Å². The van der Waals surface area contributed by atoms with Gasteiger partial charge in [0.05, 0.1) is 0 Å². The topological polar surface area (TPSA) is 105 Å². The van der Waals surface area contributed by atoms with Gasteiger partial charge in [0.25, 0.3) is 0 Å². The van der Waals surface area contributed by atoms with E-state index >= 15 is 0 Å². The van der Waals surface area contributed by atoms with E-state index < -0.39 is 12.1 Å². The molecule has 0 heterocycles. The van der Waals surface area contributed by atoms with Crippen molar-refractivity contribution in [3.05, 3.63) is 59.7 Å². The Hall–Kier alpha value is -3.35. The van der Waals surface area contributed by atoms with E-state index in [-0.39, 0.29) is 30.3 Å². The summed E-state index contributed by atoms with van der Waals surface area (Å²) in [5, 5.41) is 14.2. The second-order valence-electron chi connectivity index (χ2n) is 9.51. The van der Waals surface area contributed by atoms with Gasteiger partial charge in [0.15, 0.2) is 0 Å². The van der Waals surface area contributed by atoms with Crippen LogP contribution in [-0.4, -0.2) is 42.8 Å². The molecule has 2 amide bonds. The molecule has 7 nitrogen and oxygen atoms in total. The smallest absolute Gasteiger partial charge is 0.407 e. The largest absolute Gasteiger partial charge is 0.481 e. The number of rotatable bonds is 12. The summed E-state index contributed by atoms with van der Waals surface area (Å²) in [5.74, 6) is -0.911. The molecule has 182 valence electrons. The molecule has 0 radical (unpaired) electrons. The highest BCUT2D eigenvalue weighted by Gasteiger charge is 2.29. The number of carboxylic acid groups (broad SMARTS) is 1. The van der Waals surface area contributed by atoms with Crippen molar-refractivity contribution in [3.8, 4) is 11.1 Å². The van der Waals surface area contributed by atoms with Crippen LogP contribution in [-0.2, 0) is 14.3 Å². The van der Waals surface area contributed by atoms with Gasteiger partial charge in [-0.15, -0.1) is 0 Å². The molecule has 0 saturated heterocycles. The number of hydrogen-bond donors (Lipinski definition) is 3. The first kappa shape index (κ1) is 25.3. The van der Waals surface area contributed by atoms with Crippen LogP contribution in [0.15, 0.2) is 48.5 Å². The number of ether oxygens (including phenoxy) is 1. The molecule has 0 saturated carbocycles. The Kier molecular flexibility index (Phi) is 8.68. The van der Waals surface area contributed by atoms with E-state index in [4.69, 9.17) is 9.84 Å². The average molecular weight is 467 g/mol. The van der Waals surface area contributed by atoms with Gasteiger partial charge in [-0.2, -0.15) is 0 Å². The number of nitrogens with one attached hydrogen (secondary N) is 2. The molecule has 0 fully saturated rings. The van der Waals surface area contributed by atoms with Crippen LogP contribution in [0.4, 0.5) is 4.79 Å². The van der Waals surface area contributed by atoms with Crippen LogP contribution in [0.3, 0.4) is 0 Å². The summed E-state index contributed by atoms with van der Waals surface area (Å²) in [4.78, 5) is 34.8. The van der Waals surface area contributed by atoms with Crippen LogP contribution < -0.4 is 10.6 Å². The second kappa shape index (κ2) is 11.7. The maximum atomic E-state index is 12.3. The molecular weight excluding hydrogens is 432 g/mol. The van der Waals surface area contributed by atoms with Crippen LogP contribution >= 0.6 is 0 Å². The highest BCUT2D eigenvalue weighted by molar-refractivity contribution is 5.79. The minimum Gasteiger partial charge on any atom is -0.481 e. The first-order valence-corrected chi connectivity index (χ1v) is 11.8. The fourth-order valence-corrected chi connectivity index (χ4v) is 4.29. The Morgan fingerprint density at radius 2 is 1.50 bits per heavy atom. The van der Waals surface area contributed by atoms with Crippen LogP contribution in [0.2, 0.25) is 0 Å². The molecule has 2 aromatic carbocycles. The Morgan fingerprint density at radius 3 is 2.12 bits per heavy atom. The number of amides is 2. The van der Waals surface area contributed by atoms with Gasteiger partial charge >= 0.3 is 12.1 Å². The Labute approximate surface area is 200 Å². The monoisotopic (exact) mass is 466 g/mol. The standard InChI is InChI=1S/C27H34N2O5/c1-27(2,14-13-24(30)28-16-7-12-25(31)32)15-17-29-26(33)34-18-23-21-10-5-3-8-19(21)20-9-4-6-11-22(20)23/h3-6,8-11,23H,7,12-18H2,1-2H3,(H,28,30)(H,29,33)(H,31,32). The molecule has 3 rings (SSSR count). The normalized spacial score (nSPS) is 12.5. The lowest BCUT2D eigenvalue weighted by atomic mass is 9.84. The molecule has 2 aromatic rings. The van der Waals surface area contributed by atoms with E-state index in [1.165, 1.54) is 22.3 Å². The SMILES string of the molecule is CC(C)(CCNC(=O)OCC1c2ccccc2-c2ccccc21)CCC(=O)NCCCC(=O)O. The lowest BCUT2D eigenvalue weighted by Crippen LogP contribution is -2.31. The number of alkyl carbamates (subject to hydrolysis) is 1. The molecule has 1 aliphatic rings. The van der Waals surface area contributed by atoms with Crippen molar-refractivity contribution in [2.45, 2.75) is 51.9 Å². The van der Waals surface area contributed by atoms with Crippen LogP contribution in [0.5, 0.6) is 0 Å². The molecule has 0 unspecified atom stereocenters. The molecule has 7 heteroatoms. The van der Waals surface area contributed by atoms with Crippen molar-refractivity contribution >= 4 is 18.0 Å². The number of fused-ring (bicyclic) bond motifs is 3. The lowest BCUT2D eigenvalue weighted by molar-refractivity contribution is -0.137. The highest BCUT2D eigenvalue weighted by Crippen LogP contribution is 2.44. The quantitative estimate of drug-likeness (QED) is 0.393. The minimum atomic E-state index is -0.862. The van der Waals surface area contributed by atoms with E-state index in [1.807, 2.05) is 24.3 Å². The first-order chi connectivity index (χ1) is 16.3. The van der Waals surface area contributed by atoms with Crippen molar-refractivity contribution in [1.29, 1.82) is 0 Å². The number of hydrogen-bond acceptors (Lipinski definition) is 4. The summed E-state index contributed by atoms with van der Waals surface area (Å²) in [5.41, 5.74) is 4.62. The Balaban J connectivity index is 1.38. The summed E-state index contributed by atoms with van der Waals surface area (Å²) >= 11 is 0. The molecule has 0 atom stereocenters. The molecular formula is C27H34N2O5. The maximum Gasteiger partial charge on any atom is 0.407 e. The molecule has 0 bridgehead atoms. The molecule has 0 aliphatic heterocycles. The van der Waals surface area contributed by atoms with Gasteiger partial charge in [0.2, 0.25) is 5.91 Å². The minimum absolute atomic E-state index is 0.0311. The molecule has 0 aromatic heterocycles. The van der Waals surface area contributed by atoms with Crippen molar-refractivity contribution in [2.24, 2.45) is 5.41 Å². The second-order valence-corrected chi connectivity index (χ2v) is 9.51. The third kappa shape index (κ3) is 7.07. The van der Waals surface area contributed by atoms with Gasteiger partial charge in [-0.05, 0) is 46.9 Å². The lowest BCUT2D eigenvalue weighted by Gasteiger charge is -2.24. The van der Waals surface area contributed by atoms with Crippen LogP contribution in [0.1, 0.15) is 63.0 Å². The maximum absolute atomic E-state index is 12.3. The van der Waals surface area contributed by atoms with Crippen molar-refractivity contribution in [1.82, 2.24) is 10.6 Å². The van der Waals surface area contributed by atoms with Crippen LogP contribution in [0, 0.1) is 5.41 Å². The van der Waals surface area contributed by atoms with E-state index in [2.05, 4.69) is 48.7 Å². The van der Waals surface area contributed by atoms with Crippen LogP contribution in [0.25, 0.3) is 11.1 Å². The fourth-order valence-electron chi connectivity index (χ4n) is 4.29. The van der Waals surface area contributed by atoms with Crippen molar-refractivity contribution in [2.75, 3.05) is 19.7 Å². The van der Waals surface area contributed by atoms with Crippen molar-refractivity contribution < 1.29 is 24.2 Å². The zero-order valence-electron chi connectivity index (χ0n) is 19.9. The molecule has 1 aliphatic carbocycles. The Bertz CT molecular complexity index is 972. The van der Waals surface area contributed by atoms with Gasteiger partial charge in [-0.1, -0.05) is 62.4 Å². The number of benzene rings is 2. The predicted octanol–water partition coefficient (Wildman–Crippen LogP) is 4.70. The molecule has 3 N–H and O–H groups in total. The molecule has 34 heavy (non-hydrogen) atoms. The molecule has 0 spiro atoms. The van der Waals surface area contributed by atoms with Gasteiger partial charge < -0.3 is 20.5 Å². The van der Waals surface area contributed by atoms with E-state index in [1.54, 1.807) is 0 Å². The number of carbonyl (C=O) groups is 3. The van der Waals surface area contributed by atoms with Gasteiger partial charge in [0.1, 0.15) is 6.61 Å². The van der Waals surface area contributed by atoms with Gasteiger partial charge in [-0.3, -0.25) is 9.59 Å². The van der Waals surface area contributed by atoms with Gasteiger partial charge in [-0.25, -0.2) is 4.79 Å². The summed E-state index contributed by atoms with van der Waals surface area (Å²) < 4.78 is 5.57. The van der Waals surface area contributed by atoms with Crippen molar-refractivity contribution in [3.63, 3.8) is 0 Å². The third-order valence-electron chi connectivity index (χ3n) is 6.33. The summed E-state index contributed by atoms with van der Waals surface area (Å²) in [7, 11) is 0. The number of carboxylic acids is 1. The fraction of sp³-hybridized carbons (Fsp3) is 0.444. The first-order valence-electron chi connectivity index (χ1n) is 11.8. The zero-order valence-corrected chi connectivity index (χ0v) is 19.9. The number of carbonyl (C=O) groups excluding carboxylic acids is 2. The summed E-state index contributed by atoms with van der Waals surface area (Å²) in [6.45, 7) is 5.23. The summed E-state index contributed by atoms with van der Waals surface area (Å²) in [6.07, 6.45) is 1.79. The van der Waals surface area contributed by atoms with Gasteiger partial charge in [0, 0.05) is 31.8 Å². The average Bonchev–Trinajstić information content (AvgIpc) is 3.13. The summed E-state index contributed by atoms with van der Waals surface area (Å²) in [6, 6.07) is 16.5. The predicted molar refractivity (Wildman–Crippen MR) is 131 cm³/mol. The Morgan fingerprint density at radius 1 is 0.882 bits per heavy atom. The zero-order chi connectivity index (χ0) is 24.6. The third-order valence-corrected chi connectivity index (χ3v) is 6.33. The number of aliphatic carboxylic acids is 1. The highest BCUT2D eigenvalue weighted by atomic mass is 16.5.